The third-order valence-corrected chi connectivity index (χ3v) is 4.38. The van der Waals surface area contributed by atoms with Crippen LogP contribution in [0.4, 0.5) is 4.79 Å². The van der Waals surface area contributed by atoms with E-state index in [0.29, 0.717) is 13.0 Å². The molecule has 6 heteroatoms. The predicted molar refractivity (Wildman–Crippen MR) is 108 cm³/mol. The molecule has 1 aromatic carbocycles. The number of rotatable bonds is 5. The summed E-state index contributed by atoms with van der Waals surface area (Å²) >= 11 is 0. The standard InChI is InChI=1S/C22H29N3O3/c1-16-7-5-8-17(13-16)10-11-18(24-21(27)28-22(2,3)4)14-20(26)25-12-6-9-19(25)15-23/h5,7-8,10-11,13,18-19H,6,9,12,14H2,1-4H3,(H,24,27)/b11-10+. The van der Waals surface area contributed by atoms with Crippen LogP contribution in [0.15, 0.2) is 30.3 Å². The fraction of sp³-hybridized carbons (Fsp3) is 0.500. The Morgan fingerprint density at radius 2 is 2.18 bits per heavy atom. The molecule has 0 aromatic heterocycles. The molecule has 0 aliphatic carbocycles. The van der Waals surface area contributed by atoms with Crippen molar-refractivity contribution in [2.75, 3.05) is 6.54 Å². The van der Waals surface area contributed by atoms with Gasteiger partial charge in [-0.05, 0) is 46.1 Å². The number of carbonyl (C=O) groups excluding carboxylic acids is 2. The molecular formula is C22H29N3O3. The first-order valence-electron chi connectivity index (χ1n) is 9.61. The Morgan fingerprint density at radius 1 is 1.43 bits per heavy atom. The lowest BCUT2D eigenvalue weighted by atomic mass is 10.1. The summed E-state index contributed by atoms with van der Waals surface area (Å²) in [6.45, 7) is 7.95. The fourth-order valence-electron chi connectivity index (χ4n) is 3.13. The van der Waals surface area contributed by atoms with Crippen molar-refractivity contribution in [2.45, 2.75) is 64.6 Å². The van der Waals surface area contributed by atoms with Crippen LogP contribution in [0, 0.1) is 18.3 Å². The van der Waals surface area contributed by atoms with Gasteiger partial charge in [-0.15, -0.1) is 0 Å². The minimum Gasteiger partial charge on any atom is -0.444 e. The van der Waals surface area contributed by atoms with Gasteiger partial charge in [-0.1, -0.05) is 42.0 Å². The molecule has 150 valence electrons. The maximum Gasteiger partial charge on any atom is 0.408 e. The van der Waals surface area contributed by atoms with Crippen molar-refractivity contribution in [3.8, 4) is 6.07 Å². The van der Waals surface area contributed by atoms with E-state index < -0.39 is 17.7 Å². The number of amides is 2. The number of aryl methyl sites for hydroxylation is 1. The van der Waals surface area contributed by atoms with E-state index in [0.717, 1.165) is 17.5 Å². The minimum absolute atomic E-state index is 0.0831. The Morgan fingerprint density at radius 3 is 2.82 bits per heavy atom. The molecule has 1 aliphatic heterocycles. The highest BCUT2D eigenvalue weighted by Crippen LogP contribution is 2.19. The third-order valence-electron chi connectivity index (χ3n) is 4.38. The predicted octanol–water partition coefficient (Wildman–Crippen LogP) is 3.81. The molecule has 1 heterocycles. The highest BCUT2D eigenvalue weighted by Gasteiger charge is 2.30. The van der Waals surface area contributed by atoms with Crippen LogP contribution in [0.2, 0.25) is 0 Å². The molecular weight excluding hydrogens is 354 g/mol. The monoisotopic (exact) mass is 383 g/mol. The van der Waals surface area contributed by atoms with Gasteiger partial charge < -0.3 is 15.0 Å². The lowest BCUT2D eigenvalue weighted by Crippen LogP contribution is -2.43. The first kappa shape index (κ1) is 21.5. The summed E-state index contributed by atoms with van der Waals surface area (Å²) < 4.78 is 5.33. The van der Waals surface area contributed by atoms with Crippen LogP contribution < -0.4 is 5.32 Å². The summed E-state index contributed by atoms with van der Waals surface area (Å²) in [5.74, 6) is -0.140. The molecule has 1 fully saturated rings. The number of nitrogens with one attached hydrogen (secondary N) is 1. The summed E-state index contributed by atoms with van der Waals surface area (Å²) in [4.78, 5) is 26.5. The molecule has 1 N–H and O–H groups in total. The van der Waals surface area contributed by atoms with Gasteiger partial charge in [0.15, 0.2) is 0 Å². The van der Waals surface area contributed by atoms with E-state index in [1.165, 1.54) is 0 Å². The number of carbonyl (C=O) groups is 2. The number of hydrogen-bond acceptors (Lipinski definition) is 4. The van der Waals surface area contributed by atoms with E-state index in [1.807, 2.05) is 37.3 Å². The smallest absolute Gasteiger partial charge is 0.408 e. The van der Waals surface area contributed by atoms with Gasteiger partial charge >= 0.3 is 6.09 Å². The zero-order chi connectivity index (χ0) is 20.7. The summed E-state index contributed by atoms with van der Waals surface area (Å²) in [5.41, 5.74) is 1.49. The van der Waals surface area contributed by atoms with Crippen molar-refractivity contribution >= 4 is 18.1 Å². The Labute approximate surface area is 167 Å². The van der Waals surface area contributed by atoms with Gasteiger partial charge in [-0.25, -0.2) is 4.79 Å². The number of likely N-dealkylation sites (tertiary alicyclic amines) is 1. The normalized spacial score (nSPS) is 18.0. The molecule has 6 nitrogen and oxygen atoms in total. The second-order valence-electron chi connectivity index (χ2n) is 8.10. The first-order valence-corrected chi connectivity index (χ1v) is 9.61. The van der Waals surface area contributed by atoms with Crippen LogP contribution in [0.25, 0.3) is 6.08 Å². The van der Waals surface area contributed by atoms with Crippen molar-refractivity contribution < 1.29 is 14.3 Å². The lowest BCUT2D eigenvalue weighted by Gasteiger charge is -2.24. The van der Waals surface area contributed by atoms with Gasteiger partial charge in [0, 0.05) is 6.54 Å². The van der Waals surface area contributed by atoms with Crippen LogP contribution in [0.1, 0.15) is 51.2 Å². The highest BCUT2D eigenvalue weighted by atomic mass is 16.6. The number of alkyl carbamates (subject to hydrolysis) is 1. The van der Waals surface area contributed by atoms with E-state index in [-0.39, 0.29) is 18.4 Å². The van der Waals surface area contributed by atoms with Crippen LogP contribution in [0.3, 0.4) is 0 Å². The van der Waals surface area contributed by atoms with Gasteiger partial charge in [-0.2, -0.15) is 5.26 Å². The Bertz CT molecular complexity index is 774. The number of benzene rings is 1. The van der Waals surface area contributed by atoms with Gasteiger partial charge in [0.25, 0.3) is 0 Å². The van der Waals surface area contributed by atoms with Crippen LogP contribution >= 0.6 is 0 Å². The summed E-state index contributed by atoms with van der Waals surface area (Å²) in [6.07, 6.45) is 4.72. The van der Waals surface area contributed by atoms with Gasteiger partial charge in [0.05, 0.1) is 18.5 Å². The lowest BCUT2D eigenvalue weighted by molar-refractivity contribution is -0.131. The SMILES string of the molecule is Cc1cccc(/C=C/C(CC(=O)N2CCCC2C#N)NC(=O)OC(C)(C)C)c1. The molecule has 1 aromatic rings. The Hall–Kier alpha value is -2.81. The van der Waals surface area contributed by atoms with Gasteiger partial charge in [0.2, 0.25) is 5.91 Å². The average molecular weight is 383 g/mol. The molecule has 2 atom stereocenters. The molecule has 0 saturated carbocycles. The second-order valence-corrected chi connectivity index (χ2v) is 8.10. The topological polar surface area (TPSA) is 82.4 Å². The number of nitriles is 1. The average Bonchev–Trinajstić information content (AvgIpc) is 3.07. The quantitative estimate of drug-likeness (QED) is 0.838. The minimum atomic E-state index is -0.625. The van der Waals surface area contributed by atoms with Crippen LogP contribution in [-0.2, 0) is 9.53 Å². The van der Waals surface area contributed by atoms with Gasteiger partial charge in [-0.3, -0.25) is 4.79 Å². The Kier molecular flexibility index (Phi) is 7.22. The highest BCUT2D eigenvalue weighted by molar-refractivity contribution is 5.79. The van der Waals surface area contributed by atoms with E-state index in [2.05, 4.69) is 11.4 Å². The van der Waals surface area contributed by atoms with Crippen molar-refractivity contribution in [2.24, 2.45) is 0 Å². The summed E-state index contributed by atoms with van der Waals surface area (Å²) in [7, 11) is 0. The van der Waals surface area contributed by atoms with E-state index >= 15 is 0 Å². The van der Waals surface area contributed by atoms with Crippen molar-refractivity contribution in [1.82, 2.24) is 10.2 Å². The summed E-state index contributed by atoms with van der Waals surface area (Å²) in [5, 5.41) is 12.0. The molecule has 2 amide bonds. The molecule has 0 radical (unpaired) electrons. The number of ether oxygens (including phenoxy) is 1. The van der Waals surface area contributed by atoms with Gasteiger partial charge in [0.1, 0.15) is 11.6 Å². The second kappa shape index (κ2) is 9.41. The van der Waals surface area contributed by atoms with Crippen molar-refractivity contribution in [3.63, 3.8) is 0 Å². The maximum atomic E-state index is 12.7. The molecule has 2 rings (SSSR count). The zero-order valence-electron chi connectivity index (χ0n) is 17.1. The van der Waals surface area contributed by atoms with Crippen molar-refractivity contribution in [3.05, 3.63) is 41.5 Å². The van der Waals surface area contributed by atoms with E-state index in [1.54, 1.807) is 31.7 Å². The van der Waals surface area contributed by atoms with Crippen LogP contribution in [0.5, 0.6) is 0 Å². The molecule has 1 saturated heterocycles. The largest absolute Gasteiger partial charge is 0.444 e. The van der Waals surface area contributed by atoms with E-state index in [9.17, 15) is 14.9 Å². The molecule has 0 spiro atoms. The Balaban J connectivity index is 2.12. The van der Waals surface area contributed by atoms with Crippen molar-refractivity contribution in [1.29, 1.82) is 5.26 Å². The third kappa shape index (κ3) is 6.73. The maximum absolute atomic E-state index is 12.7. The molecule has 28 heavy (non-hydrogen) atoms. The first-order chi connectivity index (χ1) is 13.2. The number of nitrogens with zero attached hydrogens (tertiary/aromatic N) is 2. The number of hydrogen-bond donors (Lipinski definition) is 1. The molecule has 0 bridgehead atoms. The zero-order valence-corrected chi connectivity index (χ0v) is 17.1. The fourth-order valence-corrected chi connectivity index (χ4v) is 3.13. The molecule has 2 unspecified atom stereocenters. The summed E-state index contributed by atoms with van der Waals surface area (Å²) in [6, 6.07) is 9.22. The van der Waals surface area contributed by atoms with E-state index in [4.69, 9.17) is 4.74 Å². The van der Waals surface area contributed by atoms with Crippen LogP contribution in [-0.4, -0.2) is 41.1 Å². The molecule has 1 aliphatic rings.